The number of hydrogen-bond acceptors (Lipinski definition) is 10. The van der Waals surface area contributed by atoms with Gasteiger partial charge in [-0.15, -0.1) is 0 Å². The van der Waals surface area contributed by atoms with Crippen molar-refractivity contribution >= 4 is 55.0 Å². The van der Waals surface area contributed by atoms with Crippen LogP contribution in [0, 0.1) is 10.8 Å². The summed E-state index contributed by atoms with van der Waals surface area (Å²) in [5, 5.41) is 24.2. The third-order valence-corrected chi connectivity index (χ3v) is 9.11. The number of anilines is 1. The fourth-order valence-corrected chi connectivity index (χ4v) is 6.08. The molecule has 1 saturated heterocycles. The van der Waals surface area contributed by atoms with E-state index in [0.29, 0.717) is 61.1 Å². The lowest BCUT2D eigenvalue weighted by molar-refractivity contribution is 0.142. The van der Waals surface area contributed by atoms with Crippen molar-refractivity contribution < 1.29 is 22.3 Å². The summed E-state index contributed by atoms with van der Waals surface area (Å²) in [6.07, 6.45) is 3.63. The van der Waals surface area contributed by atoms with Crippen molar-refractivity contribution in [2.45, 2.75) is 48.0 Å². The number of aromatic nitrogens is 2. The molecule has 0 spiro atoms. The van der Waals surface area contributed by atoms with Crippen molar-refractivity contribution in [1.82, 2.24) is 14.1 Å². The van der Waals surface area contributed by atoms with Gasteiger partial charge >= 0.3 is 0 Å². The summed E-state index contributed by atoms with van der Waals surface area (Å²) in [6.45, 7) is 1.01. The van der Waals surface area contributed by atoms with Crippen molar-refractivity contribution in [2.24, 2.45) is 0 Å². The molecule has 2 aromatic heterocycles. The predicted molar refractivity (Wildman–Crippen MR) is 127 cm³/mol. The summed E-state index contributed by atoms with van der Waals surface area (Å²) in [6, 6.07) is 1.88. The van der Waals surface area contributed by atoms with E-state index >= 15 is 0 Å². The molecule has 4 N–H and O–H groups in total. The highest BCUT2D eigenvalue weighted by molar-refractivity contribution is 8.26. The number of nitrogens with one attached hydrogen (secondary N) is 3. The fraction of sp³-hybridized carbons (Fsp3) is 0.526. The molecule has 33 heavy (non-hydrogen) atoms. The lowest BCUT2D eigenvalue weighted by Crippen LogP contribution is -2.39. The highest BCUT2D eigenvalue weighted by Crippen LogP contribution is 2.37. The van der Waals surface area contributed by atoms with Crippen LogP contribution in [-0.2, 0) is 9.84 Å². The maximum absolute atomic E-state index is 12.8. The molecule has 1 aliphatic carbocycles. The number of nitrogens with zero attached hydrogens (tertiary/aromatic N) is 3. The summed E-state index contributed by atoms with van der Waals surface area (Å²) in [5.41, 5.74) is 0.580. The van der Waals surface area contributed by atoms with Crippen LogP contribution in [0.5, 0.6) is 0 Å². The zero-order valence-electron chi connectivity index (χ0n) is 17.7. The van der Waals surface area contributed by atoms with Crippen LogP contribution >= 0.6 is 23.7 Å². The lowest BCUT2D eigenvalue weighted by Gasteiger charge is -2.33. The SMILES string of the molecule is CS(=O)(=O)C1CCN(c2cc(SNC3(O)CC3)cn3c(C(=N)SC(=N)C(F)F)cnc23)CC1. The molecule has 4 rings (SSSR count). The van der Waals surface area contributed by atoms with Gasteiger partial charge in [0, 0.05) is 30.4 Å². The van der Waals surface area contributed by atoms with Crippen molar-refractivity contribution in [2.75, 3.05) is 24.2 Å². The minimum Gasteiger partial charge on any atom is -0.375 e. The minimum absolute atomic E-state index is 0.231. The number of piperidine rings is 1. The van der Waals surface area contributed by atoms with Crippen molar-refractivity contribution in [3.05, 3.63) is 24.2 Å². The molecule has 0 atom stereocenters. The highest BCUT2D eigenvalue weighted by atomic mass is 32.2. The first-order valence-electron chi connectivity index (χ1n) is 10.2. The normalized spacial score (nSPS) is 18.8. The second-order valence-electron chi connectivity index (χ2n) is 8.25. The van der Waals surface area contributed by atoms with E-state index in [2.05, 4.69) is 9.71 Å². The molecular formula is C19H24F2N6O3S3. The van der Waals surface area contributed by atoms with Gasteiger partial charge in [0.05, 0.1) is 22.8 Å². The van der Waals surface area contributed by atoms with Crippen LogP contribution in [0.1, 0.15) is 31.4 Å². The van der Waals surface area contributed by atoms with Gasteiger partial charge in [0.15, 0.2) is 5.65 Å². The third-order valence-electron chi connectivity index (χ3n) is 5.67. The van der Waals surface area contributed by atoms with E-state index < -0.39 is 32.3 Å². The summed E-state index contributed by atoms with van der Waals surface area (Å²) in [5.74, 6) is 0. The number of aliphatic hydroxyl groups is 1. The quantitative estimate of drug-likeness (QED) is 0.190. The monoisotopic (exact) mass is 518 g/mol. The molecular weight excluding hydrogens is 494 g/mol. The summed E-state index contributed by atoms with van der Waals surface area (Å²) in [7, 11) is -3.13. The Morgan fingerprint density at radius 3 is 2.58 bits per heavy atom. The van der Waals surface area contributed by atoms with E-state index in [-0.39, 0.29) is 10.7 Å². The Hall–Kier alpha value is -1.74. The highest BCUT2D eigenvalue weighted by Gasteiger charge is 2.40. The Labute approximate surface area is 198 Å². The lowest BCUT2D eigenvalue weighted by atomic mass is 10.1. The van der Waals surface area contributed by atoms with Crippen LogP contribution in [0.4, 0.5) is 14.5 Å². The molecule has 2 aliphatic rings. The molecule has 0 radical (unpaired) electrons. The van der Waals surface area contributed by atoms with Crippen LogP contribution in [0.15, 0.2) is 23.4 Å². The van der Waals surface area contributed by atoms with Crippen LogP contribution in [0.2, 0.25) is 0 Å². The standard InChI is InChI=1S/C19H24F2N6O3S3/c1-33(29,30)12-2-6-26(7-3-12)13-8-11(32-25-19(28)4-5-19)10-27-14(9-24-18(13)27)16(22)31-17(23)15(20)21/h8-10,12,15,22-23,25,28H,2-7H2,1H3. The van der Waals surface area contributed by atoms with Gasteiger partial charge in [0.2, 0.25) is 0 Å². The number of thioether (sulfide) groups is 1. The number of imidazole rings is 1. The zero-order chi connectivity index (χ0) is 24.0. The second kappa shape index (κ2) is 9.13. The first-order valence-corrected chi connectivity index (χ1v) is 13.8. The number of rotatable bonds is 7. The fourth-order valence-electron chi connectivity index (χ4n) is 3.61. The third kappa shape index (κ3) is 5.50. The smallest absolute Gasteiger partial charge is 0.285 e. The van der Waals surface area contributed by atoms with E-state index in [1.807, 2.05) is 11.0 Å². The van der Waals surface area contributed by atoms with E-state index in [4.69, 9.17) is 10.8 Å². The predicted octanol–water partition coefficient (Wildman–Crippen LogP) is 2.73. The van der Waals surface area contributed by atoms with Gasteiger partial charge < -0.3 is 10.0 Å². The summed E-state index contributed by atoms with van der Waals surface area (Å²) >= 11 is 1.59. The van der Waals surface area contributed by atoms with Gasteiger partial charge in [0.25, 0.3) is 6.43 Å². The van der Waals surface area contributed by atoms with Gasteiger partial charge in [0.1, 0.15) is 25.6 Å². The van der Waals surface area contributed by atoms with Crippen molar-refractivity contribution in [1.29, 1.82) is 10.8 Å². The molecule has 1 aliphatic heterocycles. The molecule has 0 amide bonds. The number of alkyl halides is 2. The van der Waals surface area contributed by atoms with Gasteiger partial charge in [-0.25, -0.2) is 26.9 Å². The molecule has 0 aromatic carbocycles. The van der Waals surface area contributed by atoms with Gasteiger partial charge in [-0.05, 0) is 55.5 Å². The number of hydrogen-bond donors (Lipinski definition) is 4. The molecule has 14 heteroatoms. The van der Waals surface area contributed by atoms with Gasteiger partial charge in [-0.2, -0.15) is 0 Å². The van der Waals surface area contributed by atoms with Crippen LogP contribution in [0.3, 0.4) is 0 Å². The maximum atomic E-state index is 12.8. The Bertz CT molecular complexity index is 1190. The van der Waals surface area contributed by atoms with Crippen molar-refractivity contribution in [3.8, 4) is 0 Å². The Balaban J connectivity index is 1.67. The summed E-state index contributed by atoms with van der Waals surface area (Å²) in [4.78, 5) is 7.15. The first-order chi connectivity index (χ1) is 15.5. The molecule has 3 heterocycles. The van der Waals surface area contributed by atoms with E-state index in [1.54, 1.807) is 10.6 Å². The molecule has 2 aromatic rings. The molecule has 0 bridgehead atoms. The number of sulfone groups is 1. The van der Waals surface area contributed by atoms with Gasteiger partial charge in [-0.3, -0.25) is 15.2 Å². The average molecular weight is 519 g/mol. The van der Waals surface area contributed by atoms with Crippen molar-refractivity contribution in [3.63, 3.8) is 0 Å². The number of fused-ring (bicyclic) bond motifs is 1. The van der Waals surface area contributed by atoms with Crippen LogP contribution in [-0.4, -0.2) is 69.7 Å². The average Bonchev–Trinajstić information content (AvgIpc) is 3.34. The van der Waals surface area contributed by atoms with E-state index in [1.165, 1.54) is 24.4 Å². The summed E-state index contributed by atoms with van der Waals surface area (Å²) < 4.78 is 54.1. The van der Waals surface area contributed by atoms with E-state index in [9.17, 15) is 22.3 Å². The van der Waals surface area contributed by atoms with Crippen LogP contribution < -0.4 is 9.62 Å². The Morgan fingerprint density at radius 2 is 2.00 bits per heavy atom. The second-order valence-corrected chi connectivity index (χ2v) is 12.5. The van der Waals surface area contributed by atoms with Gasteiger partial charge in [-0.1, -0.05) is 0 Å². The molecule has 1 saturated carbocycles. The topological polar surface area (TPSA) is 135 Å². The minimum atomic E-state index is -3.13. The Kier molecular flexibility index (Phi) is 6.75. The van der Waals surface area contributed by atoms with Crippen LogP contribution in [0.25, 0.3) is 5.65 Å². The number of pyridine rings is 1. The van der Waals surface area contributed by atoms with E-state index in [0.717, 1.165) is 5.69 Å². The maximum Gasteiger partial charge on any atom is 0.285 e. The molecule has 2 fully saturated rings. The first kappa shape index (κ1) is 24.4. The largest absolute Gasteiger partial charge is 0.375 e. The molecule has 180 valence electrons. The molecule has 9 nitrogen and oxygen atoms in total. The molecule has 0 unspecified atom stereocenters. The Morgan fingerprint density at radius 1 is 1.33 bits per heavy atom. The zero-order valence-corrected chi connectivity index (χ0v) is 20.2. The number of halogens is 2.